The van der Waals surface area contributed by atoms with Gasteiger partial charge in [0.05, 0.1) is 0 Å². The molecule has 0 saturated heterocycles. The fourth-order valence-electron chi connectivity index (χ4n) is 0.722. The highest BCUT2D eigenvalue weighted by atomic mass is 127. The Labute approximate surface area is 94.1 Å². The van der Waals surface area contributed by atoms with E-state index in [0.717, 1.165) is 13.8 Å². The maximum atomic E-state index is 5.35. The summed E-state index contributed by atoms with van der Waals surface area (Å²) in [4.78, 5) is 0. The Kier molecular flexibility index (Phi) is 4.08. The minimum Gasteiger partial charge on any atom is -0.490 e. The molecule has 3 heteroatoms. The summed E-state index contributed by atoms with van der Waals surface area (Å²) >= 11 is 5.66. The first kappa shape index (κ1) is 10.1. The molecule has 0 N–H and O–H groups in total. The summed E-state index contributed by atoms with van der Waals surface area (Å²) in [7, 11) is 0. The molecule has 1 aromatic carbocycles. The second kappa shape index (κ2) is 4.87. The third-order valence-corrected chi connectivity index (χ3v) is 3.58. The molecule has 0 heterocycles. The molecular weight excluding hydrogens is 331 g/mol. The lowest BCUT2D eigenvalue weighted by Gasteiger charge is -2.03. The molecule has 0 unspecified atom stereocenters. The summed E-state index contributed by atoms with van der Waals surface area (Å²) in [5, 5.41) is 0. The SMILES string of the molecule is C=CCOc1ccc(Br)c(I)c1. The van der Waals surface area contributed by atoms with Crippen LogP contribution < -0.4 is 4.74 Å². The average molecular weight is 339 g/mol. The fraction of sp³-hybridized carbons (Fsp3) is 0.111. The minimum absolute atomic E-state index is 0.553. The van der Waals surface area contributed by atoms with Crippen molar-refractivity contribution in [3.05, 3.63) is 38.9 Å². The van der Waals surface area contributed by atoms with Gasteiger partial charge in [0.2, 0.25) is 0 Å². The smallest absolute Gasteiger partial charge is 0.120 e. The molecule has 0 amide bonds. The number of hydrogen-bond donors (Lipinski definition) is 0. The molecule has 64 valence electrons. The van der Waals surface area contributed by atoms with Crippen LogP contribution in [0.3, 0.4) is 0 Å². The van der Waals surface area contributed by atoms with Crippen LogP contribution in [0.1, 0.15) is 0 Å². The van der Waals surface area contributed by atoms with E-state index in [2.05, 4.69) is 45.1 Å². The van der Waals surface area contributed by atoms with Crippen LogP contribution in [0, 0.1) is 3.57 Å². The molecule has 1 nitrogen and oxygen atoms in total. The average Bonchev–Trinajstić information content (AvgIpc) is 2.07. The van der Waals surface area contributed by atoms with Gasteiger partial charge in [-0.3, -0.25) is 0 Å². The first-order valence-electron chi connectivity index (χ1n) is 3.43. The van der Waals surface area contributed by atoms with Crippen molar-refractivity contribution in [3.63, 3.8) is 0 Å². The maximum Gasteiger partial charge on any atom is 0.120 e. The zero-order chi connectivity index (χ0) is 8.97. The second-order valence-electron chi connectivity index (χ2n) is 2.18. The van der Waals surface area contributed by atoms with E-state index in [4.69, 9.17) is 4.74 Å². The summed E-state index contributed by atoms with van der Waals surface area (Å²) in [5.41, 5.74) is 0. The van der Waals surface area contributed by atoms with Crippen LogP contribution >= 0.6 is 38.5 Å². The van der Waals surface area contributed by atoms with Crippen LogP contribution in [0.2, 0.25) is 0 Å². The number of halogens is 2. The lowest BCUT2D eigenvalue weighted by molar-refractivity contribution is 0.363. The summed E-state index contributed by atoms with van der Waals surface area (Å²) in [6.45, 7) is 4.13. The monoisotopic (exact) mass is 338 g/mol. The second-order valence-corrected chi connectivity index (χ2v) is 4.19. The van der Waals surface area contributed by atoms with Gasteiger partial charge in [-0.05, 0) is 56.7 Å². The van der Waals surface area contributed by atoms with Gasteiger partial charge in [0.1, 0.15) is 12.4 Å². The molecule has 1 aromatic rings. The van der Waals surface area contributed by atoms with Crippen LogP contribution in [0.4, 0.5) is 0 Å². The third-order valence-electron chi connectivity index (χ3n) is 1.26. The molecule has 0 aromatic heterocycles. The number of hydrogen-bond acceptors (Lipinski definition) is 1. The van der Waals surface area contributed by atoms with E-state index in [9.17, 15) is 0 Å². The van der Waals surface area contributed by atoms with Crippen molar-refractivity contribution in [2.24, 2.45) is 0 Å². The molecule has 0 aliphatic heterocycles. The van der Waals surface area contributed by atoms with Gasteiger partial charge in [0, 0.05) is 8.04 Å². The topological polar surface area (TPSA) is 9.23 Å². The summed E-state index contributed by atoms with van der Waals surface area (Å²) in [5.74, 6) is 0.877. The van der Waals surface area contributed by atoms with E-state index in [0.29, 0.717) is 6.61 Å². The molecule has 0 aliphatic rings. The molecule has 0 aliphatic carbocycles. The Balaban J connectivity index is 2.75. The molecule has 1 rings (SSSR count). The van der Waals surface area contributed by atoms with E-state index < -0.39 is 0 Å². The van der Waals surface area contributed by atoms with Gasteiger partial charge in [0.25, 0.3) is 0 Å². The van der Waals surface area contributed by atoms with Crippen molar-refractivity contribution >= 4 is 38.5 Å². The number of ether oxygens (including phenoxy) is 1. The van der Waals surface area contributed by atoms with Crippen molar-refractivity contribution in [1.82, 2.24) is 0 Å². The van der Waals surface area contributed by atoms with Crippen LogP contribution in [-0.2, 0) is 0 Å². The lowest BCUT2D eigenvalue weighted by atomic mass is 10.3. The Hall–Kier alpha value is -0.0300. The lowest BCUT2D eigenvalue weighted by Crippen LogP contribution is -1.92. The van der Waals surface area contributed by atoms with Gasteiger partial charge in [-0.25, -0.2) is 0 Å². The van der Waals surface area contributed by atoms with Gasteiger partial charge in [-0.1, -0.05) is 12.7 Å². The summed E-state index contributed by atoms with van der Waals surface area (Å²) in [6, 6.07) is 5.88. The Morgan fingerprint density at radius 1 is 1.58 bits per heavy atom. The fourth-order valence-corrected chi connectivity index (χ4v) is 1.46. The highest BCUT2D eigenvalue weighted by Gasteiger charge is 1.97. The molecule has 0 saturated carbocycles. The van der Waals surface area contributed by atoms with Crippen molar-refractivity contribution in [2.45, 2.75) is 0 Å². The highest BCUT2D eigenvalue weighted by Crippen LogP contribution is 2.23. The Morgan fingerprint density at radius 2 is 2.33 bits per heavy atom. The highest BCUT2D eigenvalue weighted by molar-refractivity contribution is 14.1. The van der Waals surface area contributed by atoms with Gasteiger partial charge >= 0.3 is 0 Å². The molecule has 0 radical (unpaired) electrons. The zero-order valence-electron chi connectivity index (χ0n) is 6.39. The van der Waals surface area contributed by atoms with Gasteiger partial charge < -0.3 is 4.74 Å². The summed E-state index contributed by atoms with van der Waals surface area (Å²) in [6.07, 6.45) is 1.73. The van der Waals surface area contributed by atoms with Crippen molar-refractivity contribution < 1.29 is 4.74 Å². The minimum atomic E-state index is 0.553. The first-order chi connectivity index (χ1) is 5.74. The van der Waals surface area contributed by atoms with E-state index in [1.165, 1.54) is 0 Å². The normalized spacial score (nSPS) is 9.50. The van der Waals surface area contributed by atoms with Gasteiger partial charge in [0.15, 0.2) is 0 Å². The summed E-state index contributed by atoms with van der Waals surface area (Å²) < 4.78 is 7.59. The van der Waals surface area contributed by atoms with Crippen LogP contribution in [0.5, 0.6) is 5.75 Å². The third kappa shape index (κ3) is 2.79. The molecule has 0 fully saturated rings. The van der Waals surface area contributed by atoms with E-state index >= 15 is 0 Å². The van der Waals surface area contributed by atoms with Crippen LogP contribution in [0.25, 0.3) is 0 Å². The Morgan fingerprint density at radius 3 is 2.92 bits per heavy atom. The largest absolute Gasteiger partial charge is 0.490 e. The van der Waals surface area contributed by atoms with Crippen LogP contribution in [0.15, 0.2) is 35.3 Å². The maximum absolute atomic E-state index is 5.35. The van der Waals surface area contributed by atoms with E-state index in [1.807, 2.05) is 18.2 Å². The van der Waals surface area contributed by atoms with Crippen molar-refractivity contribution in [1.29, 1.82) is 0 Å². The Bertz CT molecular complexity index is 286. The first-order valence-corrected chi connectivity index (χ1v) is 5.30. The van der Waals surface area contributed by atoms with E-state index in [1.54, 1.807) is 6.08 Å². The number of rotatable bonds is 3. The van der Waals surface area contributed by atoms with Crippen molar-refractivity contribution in [3.8, 4) is 5.75 Å². The predicted octanol–water partition coefficient (Wildman–Crippen LogP) is 3.62. The molecule has 0 bridgehead atoms. The van der Waals surface area contributed by atoms with Gasteiger partial charge in [-0.2, -0.15) is 0 Å². The van der Waals surface area contributed by atoms with E-state index in [-0.39, 0.29) is 0 Å². The van der Waals surface area contributed by atoms with Gasteiger partial charge in [-0.15, -0.1) is 0 Å². The van der Waals surface area contributed by atoms with Crippen LogP contribution in [-0.4, -0.2) is 6.61 Å². The molecular formula is C9H8BrIO. The standard InChI is InChI=1S/C9H8BrIO/c1-2-5-12-7-3-4-8(10)9(11)6-7/h2-4,6H,1,5H2. The molecule has 0 atom stereocenters. The zero-order valence-corrected chi connectivity index (χ0v) is 10.1. The molecule has 0 spiro atoms. The number of benzene rings is 1. The molecule has 12 heavy (non-hydrogen) atoms. The predicted molar refractivity (Wildman–Crippen MR) is 62.6 cm³/mol. The quantitative estimate of drug-likeness (QED) is 0.604. The van der Waals surface area contributed by atoms with Crippen molar-refractivity contribution in [2.75, 3.05) is 6.61 Å².